The second-order valence-corrected chi connectivity index (χ2v) is 6.87. The van der Waals surface area contributed by atoms with Crippen LogP contribution < -0.4 is 5.06 Å². The maximum atomic E-state index is 5.78. The summed E-state index contributed by atoms with van der Waals surface area (Å²) in [7, 11) is 0. The minimum Gasteiger partial charge on any atom is -0.387 e. The Hall–Kier alpha value is -3.05. The number of nitrogens with zero attached hydrogens (tertiary/aromatic N) is 2. The zero-order chi connectivity index (χ0) is 16.6. The lowest BCUT2D eigenvalue weighted by Gasteiger charge is -2.23. The standard InChI is InChI=1S/C20H15N3OS/c1-2-5-14(6-3-1)20-16-13-15(8-9-17(16)21-22-20)23-18(10-11-24-23)19-7-4-12-25-19/h1-13,18H,(H,21,22). The Morgan fingerprint density at radius 3 is 2.80 bits per heavy atom. The third kappa shape index (κ3) is 2.40. The molecule has 2 aromatic carbocycles. The molecular formula is C20H15N3OS. The van der Waals surface area contributed by atoms with Crippen LogP contribution in [0.5, 0.6) is 0 Å². The van der Waals surface area contributed by atoms with Crippen molar-refractivity contribution in [3.8, 4) is 11.3 Å². The van der Waals surface area contributed by atoms with Gasteiger partial charge in [0.25, 0.3) is 0 Å². The van der Waals surface area contributed by atoms with Gasteiger partial charge in [-0.15, -0.1) is 11.3 Å². The Morgan fingerprint density at radius 2 is 1.96 bits per heavy atom. The van der Waals surface area contributed by atoms with Gasteiger partial charge in [0.2, 0.25) is 0 Å². The van der Waals surface area contributed by atoms with Gasteiger partial charge < -0.3 is 4.84 Å². The van der Waals surface area contributed by atoms with Crippen molar-refractivity contribution in [3.63, 3.8) is 0 Å². The lowest BCUT2D eigenvalue weighted by atomic mass is 10.1. The Morgan fingerprint density at radius 1 is 1.04 bits per heavy atom. The van der Waals surface area contributed by atoms with Crippen molar-refractivity contribution in [2.24, 2.45) is 0 Å². The van der Waals surface area contributed by atoms with E-state index in [1.807, 2.05) is 23.3 Å². The molecule has 5 rings (SSSR count). The molecule has 5 heteroatoms. The predicted octanol–water partition coefficient (Wildman–Crippen LogP) is 5.30. The normalized spacial score (nSPS) is 16.5. The lowest BCUT2D eigenvalue weighted by molar-refractivity contribution is 0.226. The van der Waals surface area contributed by atoms with E-state index in [0.29, 0.717) is 0 Å². The maximum absolute atomic E-state index is 5.78. The zero-order valence-electron chi connectivity index (χ0n) is 13.3. The van der Waals surface area contributed by atoms with E-state index >= 15 is 0 Å². The molecular weight excluding hydrogens is 330 g/mol. The van der Waals surface area contributed by atoms with Gasteiger partial charge in [-0.2, -0.15) is 10.2 Å². The number of aromatic nitrogens is 2. The third-order valence-corrected chi connectivity index (χ3v) is 5.31. The molecule has 122 valence electrons. The van der Waals surface area contributed by atoms with E-state index in [4.69, 9.17) is 4.84 Å². The average molecular weight is 345 g/mol. The molecule has 4 aromatic rings. The van der Waals surface area contributed by atoms with E-state index in [1.165, 1.54) is 4.88 Å². The first kappa shape index (κ1) is 14.3. The highest BCUT2D eigenvalue weighted by Gasteiger charge is 2.25. The lowest BCUT2D eigenvalue weighted by Crippen LogP contribution is -2.20. The van der Waals surface area contributed by atoms with Crippen LogP contribution in [0.4, 0.5) is 5.69 Å². The molecule has 0 spiro atoms. The van der Waals surface area contributed by atoms with Crippen LogP contribution in [0.15, 0.2) is 78.4 Å². The van der Waals surface area contributed by atoms with Gasteiger partial charge in [0, 0.05) is 15.8 Å². The topological polar surface area (TPSA) is 41.2 Å². The quantitative estimate of drug-likeness (QED) is 0.548. The average Bonchev–Trinajstić information content (AvgIpc) is 3.40. The van der Waals surface area contributed by atoms with Gasteiger partial charge in [0.15, 0.2) is 0 Å². The van der Waals surface area contributed by atoms with Crippen LogP contribution >= 0.6 is 11.3 Å². The van der Waals surface area contributed by atoms with Gasteiger partial charge in [0.1, 0.15) is 12.3 Å². The van der Waals surface area contributed by atoms with E-state index < -0.39 is 0 Å². The van der Waals surface area contributed by atoms with E-state index in [9.17, 15) is 0 Å². The van der Waals surface area contributed by atoms with Crippen LogP contribution in [0.25, 0.3) is 22.2 Å². The molecule has 25 heavy (non-hydrogen) atoms. The summed E-state index contributed by atoms with van der Waals surface area (Å²) in [6.45, 7) is 0. The second-order valence-electron chi connectivity index (χ2n) is 5.89. The van der Waals surface area contributed by atoms with E-state index in [2.05, 4.69) is 64.1 Å². The molecule has 1 unspecified atom stereocenters. The highest BCUT2D eigenvalue weighted by atomic mass is 32.1. The molecule has 1 atom stereocenters. The first-order valence-electron chi connectivity index (χ1n) is 8.10. The van der Waals surface area contributed by atoms with E-state index in [1.54, 1.807) is 17.6 Å². The molecule has 0 radical (unpaired) electrons. The smallest absolute Gasteiger partial charge is 0.123 e. The highest BCUT2D eigenvalue weighted by molar-refractivity contribution is 7.10. The van der Waals surface area contributed by atoms with E-state index in [0.717, 1.165) is 27.8 Å². The first-order chi connectivity index (χ1) is 12.4. The van der Waals surface area contributed by atoms with Crippen molar-refractivity contribution in [3.05, 3.63) is 83.3 Å². The molecule has 0 saturated carbocycles. The Bertz CT molecular complexity index is 1040. The first-order valence-corrected chi connectivity index (χ1v) is 8.98. The maximum Gasteiger partial charge on any atom is 0.123 e. The van der Waals surface area contributed by atoms with Crippen molar-refractivity contribution in [2.75, 3.05) is 5.06 Å². The highest BCUT2D eigenvalue weighted by Crippen LogP contribution is 2.37. The number of hydrogen-bond acceptors (Lipinski definition) is 4. The molecule has 0 bridgehead atoms. The molecule has 1 aliphatic heterocycles. The van der Waals surface area contributed by atoms with Crippen molar-refractivity contribution in [1.82, 2.24) is 10.2 Å². The number of benzene rings is 2. The van der Waals surface area contributed by atoms with Gasteiger partial charge in [0.05, 0.1) is 16.9 Å². The zero-order valence-corrected chi connectivity index (χ0v) is 14.1. The molecule has 3 heterocycles. The number of aromatic amines is 1. The summed E-state index contributed by atoms with van der Waals surface area (Å²) in [5, 5.41) is 12.7. The number of nitrogens with one attached hydrogen (secondary N) is 1. The fourth-order valence-electron chi connectivity index (χ4n) is 3.17. The van der Waals surface area contributed by atoms with Gasteiger partial charge in [-0.1, -0.05) is 36.4 Å². The van der Waals surface area contributed by atoms with Crippen LogP contribution in [0, 0.1) is 0 Å². The van der Waals surface area contributed by atoms with Crippen molar-refractivity contribution < 1.29 is 4.84 Å². The third-order valence-electron chi connectivity index (χ3n) is 4.37. The predicted molar refractivity (Wildman–Crippen MR) is 101 cm³/mol. The summed E-state index contributed by atoms with van der Waals surface area (Å²) in [5.41, 5.74) is 4.08. The van der Waals surface area contributed by atoms with Crippen LogP contribution in [-0.4, -0.2) is 10.2 Å². The largest absolute Gasteiger partial charge is 0.387 e. The fraction of sp³-hybridized carbons (Fsp3) is 0.0500. The molecule has 0 aliphatic carbocycles. The number of thiophene rings is 1. The number of rotatable bonds is 3. The SMILES string of the molecule is C1=CC(c2cccs2)N(c2ccc3[nH]nc(-c4ccccc4)c3c2)O1. The summed E-state index contributed by atoms with van der Waals surface area (Å²) in [5.74, 6) is 0. The second kappa shape index (κ2) is 5.79. The van der Waals surface area contributed by atoms with Crippen LogP contribution in [0.3, 0.4) is 0 Å². The van der Waals surface area contributed by atoms with Gasteiger partial charge in [-0.05, 0) is 35.7 Å². The monoisotopic (exact) mass is 345 g/mol. The molecule has 0 fully saturated rings. The summed E-state index contributed by atoms with van der Waals surface area (Å²) < 4.78 is 0. The number of fused-ring (bicyclic) bond motifs is 1. The minimum absolute atomic E-state index is 0.101. The van der Waals surface area contributed by atoms with E-state index in [-0.39, 0.29) is 6.04 Å². The molecule has 1 N–H and O–H groups in total. The van der Waals surface area contributed by atoms with Crippen LogP contribution in [0.1, 0.15) is 10.9 Å². The number of hydrogen-bond donors (Lipinski definition) is 1. The minimum atomic E-state index is 0.101. The summed E-state index contributed by atoms with van der Waals surface area (Å²) >= 11 is 1.73. The summed E-state index contributed by atoms with van der Waals surface area (Å²) in [6.07, 6.45) is 3.82. The van der Waals surface area contributed by atoms with Crippen molar-refractivity contribution in [1.29, 1.82) is 0 Å². The Balaban J connectivity index is 1.59. The fourth-order valence-corrected chi connectivity index (χ4v) is 3.95. The van der Waals surface area contributed by atoms with Crippen molar-refractivity contribution in [2.45, 2.75) is 6.04 Å². The van der Waals surface area contributed by atoms with Gasteiger partial charge >= 0.3 is 0 Å². The van der Waals surface area contributed by atoms with Crippen LogP contribution in [0.2, 0.25) is 0 Å². The number of H-pyrrole nitrogens is 1. The van der Waals surface area contributed by atoms with Gasteiger partial charge in [-0.3, -0.25) is 5.10 Å². The van der Waals surface area contributed by atoms with Gasteiger partial charge in [-0.25, -0.2) is 0 Å². The van der Waals surface area contributed by atoms with Crippen molar-refractivity contribution >= 4 is 27.9 Å². The molecule has 1 aliphatic rings. The molecule has 2 aromatic heterocycles. The number of anilines is 1. The Kier molecular flexibility index (Phi) is 3.31. The molecule has 0 amide bonds. The summed E-state index contributed by atoms with van der Waals surface area (Å²) in [4.78, 5) is 7.03. The summed E-state index contributed by atoms with van der Waals surface area (Å²) in [6, 6.07) is 20.8. The van der Waals surface area contributed by atoms with Crippen LogP contribution in [-0.2, 0) is 4.84 Å². The molecule has 0 saturated heterocycles. The Labute approximate surface area is 148 Å². The molecule has 4 nitrogen and oxygen atoms in total. The number of hydroxylamine groups is 1.